The van der Waals surface area contributed by atoms with Crippen molar-refractivity contribution in [1.82, 2.24) is 5.32 Å². The lowest BCUT2D eigenvalue weighted by Crippen LogP contribution is -2.41. The van der Waals surface area contributed by atoms with Gasteiger partial charge in [0.2, 0.25) is 0 Å². The zero-order valence-electron chi connectivity index (χ0n) is 5.94. The van der Waals surface area contributed by atoms with Crippen molar-refractivity contribution >= 4 is 10.2 Å². The van der Waals surface area contributed by atoms with Crippen LogP contribution in [0.4, 0.5) is 0 Å². The summed E-state index contributed by atoms with van der Waals surface area (Å²) < 4.78 is 0. The van der Waals surface area contributed by atoms with Crippen LogP contribution in [0.1, 0.15) is 20.3 Å². The standard InChI is InChI=1S/C5H16N2Si/c1-3-5(8)7-4(2)6/h4-5,7H,3,6H2,1-2,8H3. The zero-order valence-corrected chi connectivity index (χ0v) is 7.94. The van der Waals surface area contributed by atoms with E-state index in [4.69, 9.17) is 5.73 Å². The number of rotatable bonds is 3. The van der Waals surface area contributed by atoms with Gasteiger partial charge in [0.15, 0.2) is 0 Å². The van der Waals surface area contributed by atoms with E-state index in [1.807, 2.05) is 6.92 Å². The van der Waals surface area contributed by atoms with Crippen molar-refractivity contribution in [2.45, 2.75) is 32.1 Å². The minimum atomic E-state index is 0.164. The number of nitrogens with one attached hydrogen (secondary N) is 1. The molecular formula is C5H16N2Si. The second-order valence-electron chi connectivity index (χ2n) is 2.26. The van der Waals surface area contributed by atoms with E-state index in [-0.39, 0.29) is 6.17 Å². The third-order valence-corrected chi connectivity index (χ3v) is 2.31. The van der Waals surface area contributed by atoms with Gasteiger partial charge in [-0.1, -0.05) is 6.92 Å². The lowest BCUT2D eigenvalue weighted by Gasteiger charge is -2.13. The maximum Gasteiger partial charge on any atom is 0.0516 e. The molecule has 0 spiro atoms. The van der Waals surface area contributed by atoms with Gasteiger partial charge in [-0.3, -0.25) is 0 Å². The summed E-state index contributed by atoms with van der Waals surface area (Å²) in [6, 6.07) is 0. The topological polar surface area (TPSA) is 38.0 Å². The third-order valence-electron chi connectivity index (χ3n) is 1.16. The van der Waals surface area contributed by atoms with E-state index < -0.39 is 0 Å². The normalized spacial score (nSPS) is 18.4. The van der Waals surface area contributed by atoms with Gasteiger partial charge in [0.25, 0.3) is 0 Å². The molecule has 3 N–H and O–H groups in total. The van der Waals surface area contributed by atoms with Gasteiger partial charge >= 0.3 is 0 Å². The summed E-state index contributed by atoms with van der Waals surface area (Å²) in [5.74, 6) is 0. The summed E-state index contributed by atoms with van der Waals surface area (Å²) in [5.41, 5.74) is 6.17. The van der Waals surface area contributed by atoms with Crippen LogP contribution >= 0.6 is 0 Å². The molecule has 0 heterocycles. The lowest BCUT2D eigenvalue weighted by atomic mass is 10.4. The molecule has 0 aromatic carbocycles. The highest BCUT2D eigenvalue weighted by molar-refractivity contribution is 6.11. The van der Waals surface area contributed by atoms with Crippen molar-refractivity contribution in [1.29, 1.82) is 0 Å². The first kappa shape index (κ1) is 8.14. The minimum absolute atomic E-state index is 0.164. The first-order valence-electron chi connectivity index (χ1n) is 3.18. The molecule has 0 rings (SSSR count). The van der Waals surface area contributed by atoms with Gasteiger partial charge in [-0.15, -0.1) is 0 Å². The molecule has 3 heteroatoms. The van der Waals surface area contributed by atoms with Crippen LogP contribution in [0.2, 0.25) is 0 Å². The van der Waals surface area contributed by atoms with Crippen LogP contribution in [0, 0.1) is 0 Å². The van der Waals surface area contributed by atoms with Crippen molar-refractivity contribution < 1.29 is 0 Å². The van der Waals surface area contributed by atoms with Crippen LogP contribution in [-0.2, 0) is 0 Å². The Morgan fingerprint density at radius 3 is 2.38 bits per heavy atom. The van der Waals surface area contributed by atoms with Crippen LogP contribution in [0.3, 0.4) is 0 Å². The van der Waals surface area contributed by atoms with Crippen molar-refractivity contribution in [2.24, 2.45) is 5.73 Å². The van der Waals surface area contributed by atoms with Crippen LogP contribution < -0.4 is 11.1 Å². The molecule has 0 saturated carbocycles. The molecule has 0 aliphatic carbocycles. The third kappa shape index (κ3) is 4.30. The Balaban J connectivity index is 3.10. The van der Waals surface area contributed by atoms with Crippen molar-refractivity contribution in [3.63, 3.8) is 0 Å². The van der Waals surface area contributed by atoms with Gasteiger partial charge in [0.1, 0.15) is 0 Å². The average Bonchev–Trinajstić information content (AvgIpc) is 1.65. The molecule has 2 nitrogen and oxygen atoms in total. The summed E-state index contributed by atoms with van der Waals surface area (Å²) in [7, 11) is 1.20. The Morgan fingerprint density at radius 1 is 1.75 bits per heavy atom. The van der Waals surface area contributed by atoms with Crippen LogP contribution in [0.15, 0.2) is 0 Å². The van der Waals surface area contributed by atoms with Gasteiger partial charge in [-0.05, 0) is 19.0 Å². The fourth-order valence-electron chi connectivity index (χ4n) is 0.567. The quantitative estimate of drug-likeness (QED) is 0.381. The van der Waals surface area contributed by atoms with Gasteiger partial charge in [0.05, 0.1) is 6.17 Å². The van der Waals surface area contributed by atoms with E-state index in [0.717, 1.165) is 0 Å². The molecule has 0 fully saturated rings. The first-order chi connectivity index (χ1) is 3.66. The highest BCUT2D eigenvalue weighted by Gasteiger charge is 1.97. The maximum absolute atomic E-state index is 5.48. The van der Waals surface area contributed by atoms with E-state index in [1.165, 1.54) is 16.7 Å². The molecule has 0 radical (unpaired) electrons. The van der Waals surface area contributed by atoms with Gasteiger partial charge < -0.3 is 11.1 Å². The van der Waals surface area contributed by atoms with Gasteiger partial charge in [-0.25, -0.2) is 0 Å². The predicted octanol–water partition coefficient (Wildman–Crippen LogP) is -1.02. The summed E-state index contributed by atoms with van der Waals surface area (Å²) in [4.78, 5) is 0. The Bertz CT molecular complexity index is 56.4. The molecule has 50 valence electrons. The fourth-order valence-corrected chi connectivity index (χ4v) is 1.09. The molecular weight excluding hydrogens is 116 g/mol. The van der Waals surface area contributed by atoms with Crippen molar-refractivity contribution in [2.75, 3.05) is 0 Å². The minimum Gasteiger partial charge on any atom is -0.316 e. The highest BCUT2D eigenvalue weighted by atomic mass is 28.1. The van der Waals surface area contributed by atoms with Gasteiger partial charge in [-0.2, -0.15) is 0 Å². The van der Waals surface area contributed by atoms with Crippen molar-refractivity contribution in [3.8, 4) is 0 Å². The monoisotopic (exact) mass is 132 g/mol. The zero-order chi connectivity index (χ0) is 6.57. The van der Waals surface area contributed by atoms with E-state index in [9.17, 15) is 0 Å². The molecule has 0 aliphatic heterocycles. The molecule has 0 aromatic heterocycles. The van der Waals surface area contributed by atoms with E-state index in [1.54, 1.807) is 0 Å². The Morgan fingerprint density at radius 2 is 2.25 bits per heavy atom. The lowest BCUT2D eigenvalue weighted by molar-refractivity contribution is 0.529. The molecule has 8 heavy (non-hydrogen) atoms. The second-order valence-corrected chi connectivity index (χ2v) is 3.66. The number of hydrogen-bond donors (Lipinski definition) is 2. The predicted molar refractivity (Wildman–Crippen MR) is 40.8 cm³/mol. The average molecular weight is 132 g/mol. The summed E-state index contributed by atoms with van der Waals surface area (Å²) in [6.07, 6.45) is 1.37. The molecule has 0 aromatic rings. The first-order valence-corrected chi connectivity index (χ1v) is 4.34. The SMILES string of the molecule is CCC([SiH3])NC(C)N. The molecule has 0 saturated heterocycles. The summed E-state index contributed by atoms with van der Waals surface area (Å²) in [5, 5.41) is 3.23. The summed E-state index contributed by atoms with van der Waals surface area (Å²) in [6.45, 7) is 4.15. The summed E-state index contributed by atoms with van der Waals surface area (Å²) >= 11 is 0. The maximum atomic E-state index is 5.48. The molecule has 0 bridgehead atoms. The highest BCUT2D eigenvalue weighted by Crippen LogP contribution is 1.82. The number of nitrogens with two attached hydrogens (primary N) is 1. The second kappa shape index (κ2) is 4.06. The number of hydrogen-bond acceptors (Lipinski definition) is 2. The smallest absolute Gasteiger partial charge is 0.0516 e. The van der Waals surface area contributed by atoms with Gasteiger partial charge in [0, 0.05) is 10.2 Å². The van der Waals surface area contributed by atoms with Crippen LogP contribution in [0.25, 0.3) is 0 Å². The fraction of sp³-hybridized carbons (Fsp3) is 1.00. The van der Waals surface area contributed by atoms with E-state index in [2.05, 4.69) is 12.2 Å². The van der Waals surface area contributed by atoms with Crippen molar-refractivity contribution in [3.05, 3.63) is 0 Å². The molecule has 2 atom stereocenters. The molecule has 0 aliphatic rings. The Hall–Kier alpha value is 0.137. The van der Waals surface area contributed by atoms with E-state index in [0.29, 0.717) is 5.67 Å². The largest absolute Gasteiger partial charge is 0.316 e. The molecule has 2 unspecified atom stereocenters. The Labute approximate surface area is 54.3 Å². The Kier molecular flexibility index (Phi) is 4.13. The van der Waals surface area contributed by atoms with Crippen LogP contribution in [-0.4, -0.2) is 22.1 Å². The van der Waals surface area contributed by atoms with Crippen LogP contribution in [0.5, 0.6) is 0 Å². The van der Waals surface area contributed by atoms with E-state index >= 15 is 0 Å². The molecule has 0 amide bonds.